The summed E-state index contributed by atoms with van der Waals surface area (Å²) in [6.45, 7) is 8.03. The van der Waals surface area contributed by atoms with Gasteiger partial charge in [0.15, 0.2) is 0 Å². The minimum Gasteiger partial charge on any atom is -0.338 e. The molecule has 2 unspecified atom stereocenters. The van der Waals surface area contributed by atoms with E-state index in [1.165, 1.54) is 0 Å². The lowest BCUT2D eigenvalue weighted by molar-refractivity contribution is 0.0749. The fourth-order valence-corrected chi connectivity index (χ4v) is 4.83. The Balaban J connectivity index is 1.48. The molecule has 8 heteroatoms. The quantitative estimate of drug-likeness (QED) is 0.532. The second-order valence-corrected chi connectivity index (χ2v) is 9.84. The first kappa shape index (κ1) is 23.5. The molecule has 1 saturated carbocycles. The first-order valence-corrected chi connectivity index (χ1v) is 11.1. The molecule has 3 rings (SSSR count). The number of carbonyl (C=O) groups excluding carboxylic acids is 2. The summed E-state index contributed by atoms with van der Waals surface area (Å²) < 4.78 is 0. The third kappa shape index (κ3) is 7.51. The van der Waals surface area contributed by atoms with E-state index < -0.39 is 0 Å². The van der Waals surface area contributed by atoms with Crippen LogP contribution < -0.4 is 21.3 Å². The van der Waals surface area contributed by atoms with E-state index in [1.54, 1.807) is 24.8 Å². The smallest absolute Gasteiger partial charge is 0.315 e. The van der Waals surface area contributed by atoms with E-state index in [1.807, 2.05) is 24.3 Å². The van der Waals surface area contributed by atoms with Crippen LogP contribution >= 0.6 is 0 Å². The number of nitrogens with one attached hydrogen (secondary N) is 4. The van der Waals surface area contributed by atoms with Crippen LogP contribution in [0.1, 0.15) is 51.2 Å². The number of nitrogens with zero attached hydrogens (tertiary/aromatic N) is 2. The van der Waals surface area contributed by atoms with Crippen molar-refractivity contribution in [3.63, 3.8) is 0 Å². The fraction of sp³-hybridized carbons (Fsp3) is 0.500. The number of aromatic nitrogens is 2. The van der Waals surface area contributed by atoms with Gasteiger partial charge in [-0.2, -0.15) is 0 Å². The molecule has 172 valence electrons. The van der Waals surface area contributed by atoms with Crippen molar-refractivity contribution in [2.75, 3.05) is 6.54 Å². The lowest BCUT2D eigenvalue weighted by Gasteiger charge is -2.46. The largest absolute Gasteiger partial charge is 0.338 e. The molecular weight excluding hydrogens is 404 g/mol. The Hall–Kier alpha value is -3.16. The molecule has 2 aromatic rings. The van der Waals surface area contributed by atoms with Crippen molar-refractivity contribution in [2.45, 2.75) is 59.2 Å². The number of urea groups is 2. The van der Waals surface area contributed by atoms with Crippen molar-refractivity contribution in [2.24, 2.45) is 10.8 Å². The molecule has 1 fully saturated rings. The topological polar surface area (TPSA) is 108 Å². The van der Waals surface area contributed by atoms with Crippen LogP contribution in [0.3, 0.4) is 0 Å². The predicted molar refractivity (Wildman–Crippen MR) is 124 cm³/mol. The zero-order valence-corrected chi connectivity index (χ0v) is 19.1. The minimum atomic E-state index is -0.197. The van der Waals surface area contributed by atoms with E-state index in [0.29, 0.717) is 19.6 Å². The maximum atomic E-state index is 12.5. The van der Waals surface area contributed by atoms with Gasteiger partial charge >= 0.3 is 12.1 Å². The molecule has 0 spiro atoms. The number of rotatable bonds is 7. The van der Waals surface area contributed by atoms with Crippen molar-refractivity contribution >= 4 is 12.1 Å². The number of hydrogen-bond acceptors (Lipinski definition) is 4. The summed E-state index contributed by atoms with van der Waals surface area (Å²) in [7, 11) is 0. The zero-order chi connectivity index (χ0) is 23.0. The van der Waals surface area contributed by atoms with Crippen LogP contribution in [0, 0.1) is 10.8 Å². The number of amides is 4. The molecule has 2 heterocycles. The van der Waals surface area contributed by atoms with Crippen LogP contribution in [-0.4, -0.2) is 34.6 Å². The summed E-state index contributed by atoms with van der Waals surface area (Å²) in [5.74, 6) is 0. The molecule has 0 bridgehead atoms. The minimum absolute atomic E-state index is 0.0397. The molecule has 1 aliphatic rings. The molecular formula is C24H34N6O2. The Morgan fingerprint density at radius 3 is 2.06 bits per heavy atom. The van der Waals surface area contributed by atoms with Crippen molar-refractivity contribution in [3.8, 4) is 0 Å². The fourth-order valence-electron chi connectivity index (χ4n) is 4.83. The summed E-state index contributed by atoms with van der Waals surface area (Å²) in [5, 5.41) is 11.9. The SMILES string of the molecule is CC1(C)CC(NC(=O)NCc2cccnc2)CC(C)(CNC(=O)NCc2cccnc2)C1. The van der Waals surface area contributed by atoms with Crippen molar-refractivity contribution in [3.05, 3.63) is 60.2 Å². The monoisotopic (exact) mass is 438 g/mol. The summed E-state index contributed by atoms with van der Waals surface area (Å²) in [6, 6.07) is 7.22. The van der Waals surface area contributed by atoms with Crippen LogP contribution in [0.2, 0.25) is 0 Å². The molecule has 0 radical (unpaired) electrons. The molecule has 1 aliphatic carbocycles. The Morgan fingerprint density at radius 2 is 1.50 bits per heavy atom. The highest BCUT2D eigenvalue weighted by Gasteiger charge is 2.41. The summed E-state index contributed by atoms with van der Waals surface area (Å²) in [6.07, 6.45) is 9.57. The Labute approximate surface area is 190 Å². The Kier molecular flexibility index (Phi) is 7.66. The molecule has 32 heavy (non-hydrogen) atoms. The summed E-state index contributed by atoms with van der Waals surface area (Å²) in [5.41, 5.74) is 1.85. The molecule has 4 amide bonds. The van der Waals surface area contributed by atoms with Crippen LogP contribution in [0.5, 0.6) is 0 Å². The predicted octanol–water partition coefficient (Wildman–Crippen LogP) is 3.36. The van der Waals surface area contributed by atoms with Gasteiger partial charge in [-0.3, -0.25) is 9.97 Å². The first-order valence-electron chi connectivity index (χ1n) is 11.1. The number of carbonyl (C=O) groups is 2. The van der Waals surface area contributed by atoms with Crippen LogP contribution in [0.4, 0.5) is 9.59 Å². The van der Waals surface area contributed by atoms with Gasteiger partial charge in [0.1, 0.15) is 0 Å². The maximum absolute atomic E-state index is 12.5. The molecule has 8 nitrogen and oxygen atoms in total. The van der Waals surface area contributed by atoms with E-state index in [9.17, 15) is 9.59 Å². The molecule has 4 N–H and O–H groups in total. The average molecular weight is 439 g/mol. The summed E-state index contributed by atoms with van der Waals surface area (Å²) in [4.78, 5) is 32.9. The van der Waals surface area contributed by atoms with Crippen molar-refractivity contribution < 1.29 is 9.59 Å². The lowest BCUT2D eigenvalue weighted by Crippen LogP contribution is -2.52. The van der Waals surface area contributed by atoms with Crippen molar-refractivity contribution in [1.29, 1.82) is 0 Å². The van der Waals surface area contributed by atoms with Gasteiger partial charge in [-0.15, -0.1) is 0 Å². The standard InChI is InChI=1S/C24H34N6O2/c1-23(2)10-20(30-22(32)28-15-19-7-5-9-26-13-19)11-24(3,16-23)17-29-21(31)27-14-18-6-4-8-25-12-18/h4-9,12-13,20H,10-11,14-17H2,1-3H3,(H2,27,29,31)(H2,28,30,32). The van der Waals surface area contributed by atoms with Gasteiger partial charge in [0.25, 0.3) is 0 Å². The van der Waals surface area contributed by atoms with E-state index >= 15 is 0 Å². The Morgan fingerprint density at radius 1 is 0.906 bits per heavy atom. The van der Waals surface area contributed by atoms with Gasteiger partial charge in [0, 0.05) is 50.5 Å². The van der Waals surface area contributed by atoms with E-state index in [0.717, 1.165) is 30.4 Å². The molecule has 0 saturated heterocycles. The first-order chi connectivity index (χ1) is 15.2. The van der Waals surface area contributed by atoms with Crippen LogP contribution in [0.25, 0.3) is 0 Å². The Bertz CT molecular complexity index is 890. The third-order valence-corrected chi connectivity index (χ3v) is 5.81. The van der Waals surface area contributed by atoms with Gasteiger partial charge in [-0.25, -0.2) is 9.59 Å². The highest BCUT2D eigenvalue weighted by atomic mass is 16.2. The summed E-state index contributed by atoms with van der Waals surface area (Å²) >= 11 is 0. The molecule has 0 aliphatic heterocycles. The maximum Gasteiger partial charge on any atom is 0.315 e. The number of pyridine rings is 2. The van der Waals surface area contributed by atoms with Gasteiger partial charge in [-0.05, 0) is 53.4 Å². The van der Waals surface area contributed by atoms with Gasteiger partial charge in [0.05, 0.1) is 0 Å². The van der Waals surface area contributed by atoms with Crippen molar-refractivity contribution in [1.82, 2.24) is 31.2 Å². The molecule has 2 aromatic heterocycles. The second kappa shape index (κ2) is 10.4. The van der Waals surface area contributed by atoms with Gasteiger partial charge in [-0.1, -0.05) is 32.9 Å². The van der Waals surface area contributed by atoms with Crippen LogP contribution in [-0.2, 0) is 13.1 Å². The lowest BCUT2D eigenvalue weighted by atomic mass is 9.62. The van der Waals surface area contributed by atoms with Crippen LogP contribution in [0.15, 0.2) is 49.1 Å². The molecule has 2 atom stereocenters. The third-order valence-electron chi connectivity index (χ3n) is 5.81. The highest BCUT2D eigenvalue weighted by Crippen LogP contribution is 2.45. The van der Waals surface area contributed by atoms with Gasteiger partial charge in [0.2, 0.25) is 0 Å². The second-order valence-electron chi connectivity index (χ2n) is 9.84. The highest BCUT2D eigenvalue weighted by molar-refractivity contribution is 5.74. The molecule has 0 aromatic carbocycles. The average Bonchev–Trinajstić information content (AvgIpc) is 2.75. The van der Waals surface area contributed by atoms with E-state index in [-0.39, 0.29) is 28.9 Å². The number of hydrogen-bond donors (Lipinski definition) is 4. The van der Waals surface area contributed by atoms with Gasteiger partial charge < -0.3 is 21.3 Å². The van der Waals surface area contributed by atoms with E-state index in [2.05, 4.69) is 52.0 Å². The normalized spacial score (nSPS) is 21.9. The zero-order valence-electron chi connectivity index (χ0n) is 19.1. The van der Waals surface area contributed by atoms with E-state index in [4.69, 9.17) is 0 Å².